The van der Waals surface area contributed by atoms with Crippen LogP contribution in [0.25, 0.3) is 5.95 Å². The van der Waals surface area contributed by atoms with Gasteiger partial charge in [0.05, 0.1) is 6.10 Å². The molecule has 2 unspecified atom stereocenters. The van der Waals surface area contributed by atoms with Crippen molar-refractivity contribution in [2.45, 2.75) is 25.0 Å². The predicted molar refractivity (Wildman–Crippen MR) is 73.2 cm³/mol. The first-order valence-electron chi connectivity index (χ1n) is 6.41. The summed E-state index contributed by atoms with van der Waals surface area (Å²) in [7, 11) is 0. The number of nitrogens with zero attached hydrogens (tertiary/aromatic N) is 6. The number of aromatic nitrogens is 6. The van der Waals surface area contributed by atoms with Gasteiger partial charge in [0.25, 0.3) is 5.95 Å². The van der Waals surface area contributed by atoms with Crippen molar-refractivity contribution in [1.29, 1.82) is 0 Å². The second kappa shape index (κ2) is 5.51. The molecule has 1 aliphatic heterocycles. The number of hydrogen-bond acceptors (Lipinski definition) is 8. The molecule has 1 saturated heterocycles. The number of anilines is 1. The molecule has 21 heavy (non-hydrogen) atoms. The molecule has 1 fully saturated rings. The van der Waals surface area contributed by atoms with E-state index in [-0.39, 0.29) is 29.8 Å². The number of aliphatic hydroxyl groups is 1. The molecule has 9 nitrogen and oxygen atoms in total. The summed E-state index contributed by atoms with van der Waals surface area (Å²) in [5.41, 5.74) is -0.952. The van der Waals surface area contributed by atoms with E-state index in [2.05, 4.69) is 30.4 Å². The highest BCUT2D eigenvalue weighted by Gasteiger charge is 2.39. The smallest absolute Gasteiger partial charge is 0.258 e. The lowest BCUT2D eigenvalue weighted by Crippen LogP contribution is -2.43. The Kier molecular flexibility index (Phi) is 3.70. The fourth-order valence-corrected chi connectivity index (χ4v) is 2.22. The third-order valence-corrected chi connectivity index (χ3v) is 3.60. The minimum absolute atomic E-state index is 0.0284. The molecule has 0 radical (unpaired) electrons. The lowest BCUT2D eigenvalue weighted by molar-refractivity contribution is -0.0176. The molecule has 10 heteroatoms. The van der Waals surface area contributed by atoms with E-state index in [1.807, 2.05) is 6.92 Å². The summed E-state index contributed by atoms with van der Waals surface area (Å²) in [5, 5.41) is 17.3. The van der Waals surface area contributed by atoms with Crippen molar-refractivity contribution in [3.8, 4) is 5.95 Å². The van der Waals surface area contributed by atoms with Gasteiger partial charge in [-0.05, 0) is 18.5 Å². The summed E-state index contributed by atoms with van der Waals surface area (Å²) in [6, 6.07) is 0. The quantitative estimate of drug-likeness (QED) is 0.815. The summed E-state index contributed by atoms with van der Waals surface area (Å²) < 4.78 is 6.74. The van der Waals surface area contributed by atoms with Gasteiger partial charge in [0.2, 0.25) is 11.2 Å². The van der Waals surface area contributed by atoms with Crippen molar-refractivity contribution in [1.82, 2.24) is 29.7 Å². The van der Waals surface area contributed by atoms with Crippen molar-refractivity contribution in [2.24, 2.45) is 0 Å². The van der Waals surface area contributed by atoms with Crippen LogP contribution < -0.4 is 5.32 Å². The van der Waals surface area contributed by atoms with Crippen molar-refractivity contribution in [3.63, 3.8) is 0 Å². The minimum Gasteiger partial charge on any atom is -0.385 e. The number of halogens is 1. The van der Waals surface area contributed by atoms with Gasteiger partial charge in [-0.3, -0.25) is 0 Å². The maximum Gasteiger partial charge on any atom is 0.258 e. The molecule has 2 atom stereocenters. The summed E-state index contributed by atoms with van der Waals surface area (Å²) in [6.07, 6.45) is 3.12. The van der Waals surface area contributed by atoms with E-state index in [0.29, 0.717) is 13.0 Å². The van der Waals surface area contributed by atoms with Gasteiger partial charge in [-0.2, -0.15) is 24.7 Å². The Morgan fingerprint density at radius 1 is 1.52 bits per heavy atom. The molecule has 0 saturated carbocycles. The molecular weight excluding hydrogens is 298 g/mol. The van der Waals surface area contributed by atoms with E-state index in [0.717, 1.165) is 0 Å². The Morgan fingerprint density at radius 3 is 3.05 bits per heavy atom. The van der Waals surface area contributed by atoms with Crippen LogP contribution in [0.4, 0.5) is 5.95 Å². The van der Waals surface area contributed by atoms with E-state index in [4.69, 9.17) is 16.3 Å². The molecule has 1 aliphatic rings. The first-order valence-corrected chi connectivity index (χ1v) is 6.79. The molecule has 0 amide bonds. The van der Waals surface area contributed by atoms with Crippen molar-refractivity contribution < 1.29 is 9.84 Å². The van der Waals surface area contributed by atoms with Crippen molar-refractivity contribution >= 4 is 17.5 Å². The lowest BCUT2D eigenvalue weighted by Gasteiger charge is -2.26. The largest absolute Gasteiger partial charge is 0.385 e. The van der Waals surface area contributed by atoms with Gasteiger partial charge in [-0.1, -0.05) is 0 Å². The Labute approximate surface area is 125 Å². The van der Waals surface area contributed by atoms with Crippen molar-refractivity contribution in [2.75, 3.05) is 18.5 Å². The number of hydrogen-bond donors (Lipinski definition) is 2. The summed E-state index contributed by atoms with van der Waals surface area (Å²) in [4.78, 5) is 15.9. The number of ether oxygens (including phenoxy) is 1. The van der Waals surface area contributed by atoms with Crippen LogP contribution in [0.2, 0.25) is 5.28 Å². The Balaban J connectivity index is 1.77. The van der Waals surface area contributed by atoms with E-state index >= 15 is 0 Å². The lowest BCUT2D eigenvalue weighted by atomic mass is 9.97. The highest BCUT2D eigenvalue weighted by Crippen LogP contribution is 2.25. The summed E-state index contributed by atoms with van der Waals surface area (Å²) in [5.74, 6) is 0.505. The standard InChI is InChI=1S/C11H14ClN7O2/c1-7-11(20,2-3-21-7)4-14-9-16-8(12)17-10(18-9)19-6-13-5-15-19/h5-7,20H,2-4H2,1H3,(H,14,16,17,18). The molecule has 0 aliphatic carbocycles. The topological polar surface area (TPSA) is 111 Å². The first kappa shape index (κ1) is 14.1. The number of nitrogens with one attached hydrogen (secondary N) is 1. The highest BCUT2D eigenvalue weighted by molar-refractivity contribution is 6.28. The third-order valence-electron chi connectivity index (χ3n) is 3.43. The van der Waals surface area contributed by atoms with Crippen LogP contribution in [0.5, 0.6) is 0 Å². The molecule has 0 spiro atoms. The summed E-state index contributed by atoms with van der Waals surface area (Å²) in [6.45, 7) is 2.61. The van der Waals surface area contributed by atoms with E-state index in [1.165, 1.54) is 17.3 Å². The van der Waals surface area contributed by atoms with Gasteiger partial charge in [-0.15, -0.1) is 0 Å². The second-order valence-corrected chi connectivity index (χ2v) is 5.13. The molecule has 2 aromatic heterocycles. The highest BCUT2D eigenvalue weighted by atomic mass is 35.5. The average Bonchev–Trinajstić information content (AvgIpc) is 3.08. The molecular formula is C11H14ClN7O2. The zero-order chi connectivity index (χ0) is 14.9. The molecule has 2 N–H and O–H groups in total. The first-order chi connectivity index (χ1) is 10.1. The van der Waals surface area contributed by atoms with Gasteiger partial charge < -0.3 is 15.2 Å². The molecule has 3 heterocycles. The van der Waals surface area contributed by atoms with Crippen LogP contribution >= 0.6 is 11.6 Å². The maximum absolute atomic E-state index is 10.4. The van der Waals surface area contributed by atoms with Crippen LogP contribution in [0.3, 0.4) is 0 Å². The number of rotatable bonds is 4. The van der Waals surface area contributed by atoms with Gasteiger partial charge in [0, 0.05) is 19.6 Å². The zero-order valence-corrected chi connectivity index (χ0v) is 12.0. The van der Waals surface area contributed by atoms with Gasteiger partial charge in [0.15, 0.2) is 0 Å². The normalized spacial score (nSPS) is 25.2. The molecule has 3 rings (SSSR count). The minimum atomic E-state index is -0.952. The average molecular weight is 312 g/mol. The fourth-order valence-electron chi connectivity index (χ4n) is 2.07. The molecule has 2 aromatic rings. The van der Waals surface area contributed by atoms with Crippen molar-refractivity contribution in [3.05, 3.63) is 17.9 Å². The van der Waals surface area contributed by atoms with Gasteiger partial charge in [-0.25, -0.2) is 4.98 Å². The zero-order valence-electron chi connectivity index (χ0n) is 11.3. The van der Waals surface area contributed by atoms with Crippen LogP contribution in [0.15, 0.2) is 12.7 Å². The Morgan fingerprint density at radius 2 is 2.38 bits per heavy atom. The third kappa shape index (κ3) is 2.94. The van der Waals surface area contributed by atoms with E-state index in [9.17, 15) is 5.11 Å². The van der Waals surface area contributed by atoms with Crippen LogP contribution in [0.1, 0.15) is 13.3 Å². The van der Waals surface area contributed by atoms with E-state index in [1.54, 1.807) is 0 Å². The molecule has 0 bridgehead atoms. The molecule has 0 aromatic carbocycles. The predicted octanol–water partition coefficient (Wildman–Crippen LogP) is 0.0575. The SMILES string of the molecule is CC1OCCC1(O)CNc1nc(Cl)nc(-n2cncn2)n1. The van der Waals surface area contributed by atoms with Gasteiger partial charge in [0.1, 0.15) is 18.3 Å². The monoisotopic (exact) mass is 311 g/mol. The Bertz CT molecular complexity index is 623. The van der Waals surface area contributed by atoms with Crippen LogP contribution in [-0.4, -0.2) is 59.7 Å². The fraction of sp³-hybridized carbons (Fsp3) is 0.545. The second-order valence-electron chi connectivity index (χ2n) is 4.79. The van der Waals surface area contributed by atoms with Crippen LogP contribution in [-0.2, 0) is 4.74 Å². The van der Waals surface area contributed by atoms with Gasteiger partial charge >= 0.3 is 0 Å². The van der Waals surface area contributed by atoms with E-state index < -0.39 is 5.60 Å². The molecule has 112 valence electrons. The summed E-state index contributed by atoms with van der Waals surface area (Å²) >= 11 is 5.87. The van der Waals surface area contributed by atoms with Crippen LogP contribution in [0, 0.1) is 0 Å². The maximum atomic E-state index is 10.4. The Hall–Kier alpha value is -1.84.